The number of rotatable bonds is 6. The van der Waals surface area contributed by atoms with Crippen LogP contribution in [0.2, 0.25) is 0 Å². The predicted octanol–water partition coefficient (Wildman–Crippen LogP) is 7.64. The highest BCUT2D eigenvalue weighted by Crippen LogP contribution is 2.40. The molecule has 2 aromatic heterocycles. The summed E-state index contributed by atoms with van der Waals surface area (Å²) in [5.41, 5.74) is 5.15. The standard InChI is InChI=1S/C28H25BrN2O2S/c1-18-11-13-21(23(29)15-18)24-14-12-20(33-24)17-31-28-26(22-9-5-6-10-25(22)34-28)27(32)30-16-19-7-3-2-4-8-19/h2-4,7-8,11-15,17H,5-6,9-10,16H2,1H3,(H,30,32). The second kappa shape index (κ2) is 10.1. The average Bonchev–Trinajstić information content (AvgIpc) is 3.46. The molecule has 0 bridgehead atoms. The zero-order chi connectivity index (χ0) is 23.5. The Morgan fingerprint density at radius 3 is 2.76 bits per heavy atom. The Labute approximate surface area is 211 Å². The highest BCUT2D eigenvalue weighted by molar-refractivity contribution is 9.10. The zero-order valence-corrected chi connectivity index (χ0v) is 21.3. The van der Waals surface area contributed by atoms with Crippen molar-refractivity contribution < 1.29 is 9.21 Å². The molecule has 1 N–H and O–H groups in total. The van der Waals surface area contributed by atoms with Gasteiger partial charge in [-0.15, -0.1) is 11.3 Å². The van der Waals surface area contributed by atoms with Crippen LogP contribution in [0.1, 0.15) is 50.5 Å². The van der Waals surface area contributed by atoms with Crippen molar-refractivity contribution in [1.82, 2.24) is 5.32 Å². The fraction of sp³-hybridized carbons (Fsp3) is 0.214. The SMILES string of the molecule is Cc1ccc(-c2ccc(C=Nc3sc4c(c3C(=O)NCc3ccccc3)CCCC4)o2)c(Br)c1. The van der Waals surface area contributed by atoms with Crippen molar-refractivity contribution in [2.24, 2.45) is 4.99 Å². The van der Waals surface area contributed by atoms with Crippen molar-refractivity contribution >= 4 is 44.4 Å². The van der Waals surface area contributed by atoms with Crippen LogP contribution in [-0.2, 0) is 19.4 Å². The number of carbonyl (C=O) groups is 1. The second-order valence-corrected chi connectivity index (χ2v) is 10.4. The van der Waals surface area contributed by atoms with E-state index in [2.05, 4.69) is 40.3 Å². The van der Waals surface area contributed by atoms with Gasteiger partial charge in [0.15, 0.2) is 0 Å². The fourth-order valence-electron chi connectivity index (χ4n) is 4.25. The molecule has 6 heteroatoms. The quantitative estimate of drug-likeness (QED) is 0.259. The summed E-state index contributed by atoms with van der Waals surface area (Å²) >= 11 is 5.25. The van der Waals surface area contributed by atoms with Crippen LogP contribution in [-0.4, -0.2) is 12.1 Å². The Kier molecular flexibility index (Phi) is 6.79. The summed E-state index contributed by atoms with van der Waals surface area (Å²) < 4.78 is 7.04. The van der Waals surface area contributed by atoms with Gasteiger partial charge in [0.2, 0.25) is 0 Å². The molecule has 34 heavy (non-hydrogen) atoms. The number of aliphatic imine (C=N–C) groups is 1. The van der Waals surface area contributed by atoms with Crippen molar-refractivity contribution in [2.75, 3.05) is 0 Å². The molecule has 1 aliphatic rings. The average molecular weight is 533 g/mol. The number of nitrogens with zero attached hydrogens (tertiary/aromatic N) is 1. The summed E-state index contributed by atoms with van der Waals surface area (Å²) in [7, 11) is 0. The van der Waals surface area contributed by atoms with Crippen LogP contribution < -0.4 is 5.32 Å². The lowest BCUT2D eigenvalue weighted by molar-refractivity contribution is 0.0951. The minimum Gasteiger partial charge on any atom is -0.455 e. The Bertz CT molecular complexity index is 1350. The number of hydrogen-bond donors (Lipinski definition) is 1. The van der Waals surface area contributed by atoms with Crippen LogP contribution in [0.5, 0.6) is 0 Å². The first-order chi connectivity index (χ1) is 16.6. The zero-order valence-electron chi connectivity index (χ0n) is 18.9. The third kappa shape index (κ3) is 4.93. The fourth-order valence-corrected chi connectivity index (χ4v) is 6.17. The van der Waals surface area contributed by atoms with Gasteiger partial charge in [-0.25, -0.2) is 4.99 Å². The number of halogens is 1. The lowest BCUT2D eigenvalue weighted by atomic mass is 9.95. The number of nitrogens with one attached hydrogen (secondary N) is 1. The number of thiophene rings is 1. The molecule has 0 spiro atoms. The highest BCUT2D eigenvalue weighted by atomic mass is 79.9. The summed E-state index contributed by atoms with van der Waals surface area (Å²) in [5, 5.41) is 3.85. The first-order valence-electron chi connectivity index (χ1n) is 11.5. The first-order valence-corrected chi connectivity index (χ1v) is 13.1. The minimum atomic E-state index is -0.0564. The van der Waals surface area contributed by atoms with Crippen molar-refractivity contribution in [2.45, 2.75) is 39.2 Å². The lowest BCUT2D eigenvalue weighted by Crippen LogP contribution is -2.24. The van der Waals surface area contributed by atoms with Gasteiger partial charge in [0.1, 0.15) is 16.5 Å². The normalized spacial score (nSPS) is 13.2. The predicted molar refractivity (Wildman–Crippen MR) is 142 cm³/mol. The van der Waals surface area contributed by atoms with Crippen LogP contribution in [0.4, 0.5) is 5.00 Å². The van der Waals surface area contributed by atoms with E-state index in [1.54, 1.807) is 17.6 Å². The molecule has 0 saturated heterocycles. The summed E-state index contributed by atoms with van der Waals surface area (Å²) in [6, 6.07) is 20.0. The van der Waals surface area contributed by atoms with Gasteiger partial charge in [0.05, 0.1) is 11.8 Å². The molecular formula is C28H25BrN2O2S. The van der Waals surface area contributed by atoms with Crippen LogP contribution in [0.15, 0.2) is 74.5 Å². The monoisotopic (exact) mass is 532 g/mol. The minimum absolute atomic E-state index is 0.0564. The maximum atomic E-state index is 13.2. The van der Waals surface area contributed by atoms with E-state index in [9.17, 15) is 4.79 Å². The molecule has 1 aliphatic carbocycles. The molecule has 0 aliphatic heterocycles. The van der Waals surface area contributed by atoms with Crippen LogP contribution in [0.3, 0.4) is 0 Å². The lowest BCUT2D eigenvalue weighted by Gasteiger charge is -2.12. The number of benzene rings is 2. The summed E-state index contributed by atoms with van der Waals surface area (Å²) in [6.45, 7) is 2.56. The molecule has 172 valence electrons. The first kappa shape index (κ1) is 22.8. The molecule has 2 aromatic carbocycles. The van der Waals surface area contributed by atoms with Gasteiger partial charge in [-0.3, -0.25) is 4.79 Å². The Morgan fingerprint density at radius 1 is 1.12 bits per heavy atom. The summed E-state index contributed by atoms with van der Waals surface area (Å²) in [6.07, 6.45) is 5.94. The van der Waals surface area contributed by atoms with Gasteiger partial charge in [-0.2, -0.15) is 0 Å². The molecule has 5 rings (SSSR count). The molecule has 2 heterocycles. The number of hydrogen-bond acceptors (Lipinski definition) is 4. The number of fused-ring (bicyclic) bond motifs is 1. The van der Waals surface area contributed by atoms with E-state index in [4.69, 9.17) is 9.41 Å². The topological polar surface area (TPSA) is 54.6 Å². The van der Waals surface area contributed by atoms with E-state index in [0.717, 1.165) is 63.2 Å². The van der Waals surface area contributed by atoms with Gasteiger partial charge < -0.3 is 9.73 Å². The molecule has 0 fully saturated rings. The van der Waals surface area contributed by atoms with E-state index in [1.165, 1.54) is 10.4 Å². The van der Waals surface area contributed by atoms with Crippen LogP contribution in [0, 0.1) is 6.92 Å². The highest BCUT2D eigenvalue weighted by Gasteiger charge is 2.25. The molecule has 1 amide bonds. The molecule has 0 saturated carbocycles. The van der Waals surface area contributed by atoms with Gasteiger partial charge in [-0.05, 0) is 73.6 Å². The van der Waals surface area contributed by atoms with Crippen molar-refractivity contribution in [3.8, 4) is 11.3 Å². The third-order valence-corrected chi connectivity index (χ3v) is 7.86. The second-order valence-electron chi connectivity index (χ2n) is 8.50. The van der Waals surface area contributed by atoms with Gasteiger partial charge in [-0.1, -0.05) is 52.3 Å². The van der Waals surface area contributed by atoms with E-state index in [1.807, 2.05) is 48.5 Å². The Morgan fingerprint density at radius 2 is 1.94 bits per heavy atom. The van der Waals surface area contributed by atoms with Crippen molar-refractivity contribution in [3.63, 3.8) is 0 Å². The van der Waals surface area contributed by atoms with E-state index in [-0.39, 0.29) is 5.91 Å². The maximum absolute atomic E-state index is 13.2. The number of aryl methyl sites for hydroxylation is 2. The van der Waals surface area contributed by atoms with Gasteiger partial charge >= 0.3 is 0 Å². The van der Waals surface area contributed by atoms with Gasteiger partial charge in [0.25, 0.3) is 5.91 Å². The maximum Gasteiger partial charge on any atom is 0.254 e. The van der Waals surface area contributed by atoms with E-state index < -0.39 is 0 Å². The number of carbonyl (C=O) groups excluding carboxylic acids is 1. The molecule has 4 nitrogen and oxygen atoms in total. The van der Waals surface area contributed by atoms with Crippen LogP contribution >= 0.6 is 27.3 Å². The molecule has 0 atom stereocenters. The third-order valence-electron chi connectivity index (χ3n) is 6.00. The van der Waals surface area contributed by atoms with E-state index in [0.29, 0.717) is 12.3 Å². The number of amides is 1. The van der Waals surface area contributed by atoms with E-state index >= 15 is 0 Å². The smallest absolute Gasteiger partial charge is 0.254 e. The molecule has 4 aromatic rings. The summed E-state index contributed by atoms with van der Waals surface area (Å²) in [5.74, 6) is 1.38. The number of furan rings is 1. The molecule has 0 unspecified atom stereocenters. The Balaban J connectivity index is 1.40. The van der Waals surface area contributed by atoms with Crippen molar-refractivity contribution in [1.29, 1.82) is 0 Å². The van der Waals surface area contributed by atoms with Crippen LogP contribution in [0.25, 0.3) is 11.3 Å². The Hall–Kier alpha value is -2.96. The molecular weight excluding hydrogens is 508 g/mol. The summed E-state index contributed by atoms with van der Waals surface area (Å²) in [4.78, 5) is 19.2. The largest absolute Gasteiger partial charge is 0.455 e. The van der Waals surface area contributed by atoms with Crippen molar-refractivity contribution in [3.05, 3.63) is 98.0 Å². The van der Waals surface area contributed by atoms with Gasteiger partial charge in [0, 0.05) is 21.5 Å². The molecule has 0 radical (unpaired) electrons.